The van der Waals surface area contributed by atoms with E-state index in [0.717, 1.165) is 6.08 Å². The summed E-state index contributed by atoms with van der Waals surface area (Å²) in [6, 6.07) is 0.0287. The van der Waals surface area contributed by atoms with Crippen LogP contribution in [-0.4, -0.2) is 228 Å². The van der Waals surface area contributed by atoms with Crippen molar-refractivity contribution in [2.24, 2.45) is 0 Å². The highest BCUT2D eigenvalue weighted by Crippen LogP contribution is 2.28. The minimum Gasteiger partial charge on any atom is -0.460 e. The number of carbonyl (C=O) groups is 1. The predicted molar refractivity (Wildman–Crippen MR) is 191 cm³/mol. The molecule has 0 amide bonds. The minimum atomic E-state index is -0.465. The highest BCUT2D eigenvalue weighted by molar-refractivity contribution is 5.81. The van der Waals surface area contributed by atoms with Crippen LogP contribution in [0.1, 0.15) is 0 Å². The lowest BCUT2D eigenvalue weighted by Gasteiger charge is -2.32. The molecule has 1 rings (SSSR count). The van der Waals surface area contributed by atoms with E-state index < -0.39 is 5.97 Å². The quantitative estimate of drug-likeness (QED) is 0.0473. The molecular weight excluding hydrogens is 688 g/mol. The molecule has 1 aliphatic rings. The first kappa shape index (κ1) is 48.6. The smallest absolute Gasteiger partial charge is 0.330 e. The second kappa shape index (κ2) is 36.6. The molecule has 1 fully saturated rings. The fourth-order valence-corrected chi connectivity index (χ4v) is 5.16. The third-order valence-electron chi connectivity index (χ3n) is 7.75. The van der Waals surface area contributed by atoms with Crippen molar-refractivity contribution in [1.82, 2.24) is 9.80 Å². The summed E-state index contributed by atoms with van der Waals surface area (Å²) in [5.41, 5.74) is 0. The van der Waals surface area contributed by atoms with Crippen molar-refractivity contribution in [1.29, 1.82) is 0 Å². The standard InChI is InChI=1S/C35H68N2O15/c1-6-35(38)52-28-27-48-26-25-47-24-23-46-22-21-45-20-19-44-10-8-37-33(30-50-17-13-41-4)32(29-49-16-12-40-3)36(7-9-43-15-11-39-2)34(37)31-51-18-14-42-5/h6,32-34H,1,7-31H2,2-5H3. The molecular formula is C35H68N2O15. The van der Waals surface area contributed by atoms with E-state index in [-0.39, 0.29) is 24.9 Å². The molecule has 0 aromatic heterocycles. The lowest BCUT2D eigenvalue weighted by atomic mass is 10.1. The average Bonchev–Trinajstić information content (AvgIpc) is 3.42. The lowest BCUT2D eigenvalue weighted by Crippen LogP contribution is -2.47. The molecule has 17 heteroatoms. The van der Waals surface area contributed by atoms with Crippen LogP contribution in [0.15, 0.2) is 12.7 Å². The average molecular weight is 757 g/mol. The maximum atomic E-state index is 10.9. The molecule has 1 saturated heterocycles. The molecule has 52 heavy (non-hydrogen) atoms. The largest absolute Gasteiger partial charge is 0.460 e. The van der Waals surface area contributed by atoms with E-state index in [0.29, 0.717) is 158 Å². The van der Waals surface area contributed by atoms with Crippen molar-refractivity contribution in [2.45, 2.75) is 18.2 Å². The highest BCUT2D eigenvalue weighted by Gasteiger charge is 2.46. The van der Waals surface area contributed by atoms with Crippen molar-refractivity contribution < 1.29 is 71.1 Å². The number of hydrogen-bond acceptors (Lipinski definition) is 17. The summed E-state index contributed by atoms with van der Waals surface area (Å²) in [4.78, 5) is 15.7. The van der Waals surface area contributed by atoms with Gasteiger partial charge in [-0.15, -0.1) is 0 Å². The third-order valence-corrected chi connectivity index (χ3v) is 7.75. The molecule has 308 valence electrons. The van der Waals surface area contributed by atoms with Crippen molar-refractivity contribution >= 4 is 5.97 Å². The van der Waals surface area contributed by atoms with Crippen LogP contribution in [0, 0.1) is 0 Å². The van der Waals surface area contributed by atoms with E-state index in [2.05, 4.69) is 16.4 Å². The molecule has 0 N–H and O–H groups in total. The summed E-state index contributed by atoms with van der Waals surface area (Å²) < 4.78 is 77.9. The van der Waals surface area contributed by atoms with Crippen LogP contribution in [0.2, 0.25) is 0 Å². The Kier molecular flexibility index (Phi) is 34.2. The highest BCUT2D eigenvalue weighted by atomic mass is 16.6. The normalized spacial score (nSPS) is 18.0. The zero-order chi connectivity index (χ0) is 37.7. The Bertz CT molecular complexity index is 803. The Hall–Kier alpha value is -1.39. The minimum absolute atomic E-state index is 0.0110. The van der Waals surface area contributed by atoms with Crippen molar-refractivity contribution in [3.05, 3.63) is 12.7 Å². The number of hydrogen-bond donors (Lipinski definition) is 0. The summed E-state index contributed by atoms with van der Waals surface area (Å²) in [5, 5.41) is 0. The van der Waals surface area contributed by atoms with Crippen LogP contribution in [0.5, 0.6) is 0 Å². The van der Waals surface area contributed by atoms with Gasteiger partial charge in [-0.25, -0.2) is 4.79 Å². The summed E-state index contributed by atoms with van der Waals surface area (Å²) >= 11 is 0. The molecule has 3 atom stereocenters. The Morgan fingerprint density at radius 1 is 0.442 bits per heavy atom. The predicted octanol–water partition coefficient (Wildman–Crippen LogP) is 0.132. The van der Waals surface area contributed by atoms with Gasteiger partial charge in [0.15, 0.2) is 0 Å². The second-order valence-corrected chi connectivity index (χ2v) is 11.3. The Labute approximate surface area is 311 Å². The first-order valence-corrected chi connectivity index (χ1v) is 18.1. The number of esters is 1. The Balaban J connectivity index is 2.55. The van der Waals surface area contributed by atoms with Gasteiger partial charge in [-0.3, -0.25) is 9.80 Å². The van der Waals surface area contributed by atoms with Gasteiger partial charge >= 0.3 is 5.97 Å². The molecule has 3 unspecified atom stereocenters. The van der Waals surface area contributed by atoms with Gasteiger partial charge in [-0.1, -0.05) is 6.58 Å². The van der Waals surface area contributed by atoms with Gasteiger partial charge in [0.2, 0.25) is 0 Å². The van der Waals surface area contributed by atoms with Gasteiger partial charge in [-0.2, -0.15) is 0 Å². The van der Waals surface area contributed by atoms with Gasteiger partial charge in [0.05, 0.1) is 164 Å². The zero-order valence-electron chi connectivity index (χ0n) is 32.2. The monoisotopic (exact) mass is 756 g/mol. The van der Waals surface area contributed by atoms with Gasteiger partial charge in [0, 0.05) is 47.6 Å². The summed E-state index contributed by atoms with van der Waals surface area (Å²) in [5.74, 6) is -0.465. The molecule has 0 bridgehead atoms. The fraction of sp³-hybridized carbons (Fsp3) is 0.914. The van der Waals surface area contributed by atoms with E-state index in [9.17, 15) is 4.79 Å². The number of rotatable bonds is 40. The van der Waals surface area contributed by atoms with Crippen molar-refractivity contribution in [3.8, 4) is 0 Å². The van der Waals surface area contributed by atoms with Gasteiger partial charge in [-0.05, 0) is 0 Å². The van der Waals surface area contributed by atoms with Crippen molar-refractivity contribution in [2.75, 3.05) is 193 Å². The summed E-state index contributed by atoms with van der Waals surface area (Å²) in [6.45, 7) is 15.3. The number of carbonyl (C=O) groups excluding carboxylic acids is 1. The van der Waals surface area contributed by atoms with E-state index >= 15 is 0 Å². The molecule has 0 aromatic carbocycles. The maximum absolute atomic E-state index is 10.9. The molecule has 1 aliphatic heterocycles. The molecule has 17 nitrogen and oxygen atoms in total. The van der Waals surface area contributed by atoms with E-state index in [4.69, 9.17) is 66.3 Å². The van der Waals surface area contributed by atoms with Crippen LogP contribution >= 0.6 is 0 Å². The number of ether oxygens (including phenoxy) is 14. The molecule has 0 aromatic rings. The van der Waals surface area contributed by atoms with Gasteiger partial charge in [0.25, 0.3) is 0 Å². The SMILES string of the molecule is C=CC(=O)OCCOCCOCCOCCOCCOCCN1C(COCCOC)C(COCCOC)N(CCOCCOC)C1COCCOC. The first-order chi connectivity index (χ1) is 25.6. The van der Waals surface area contributed by atoms with Crippen LogP contribution in [0.25, 0.3) is 0 Å². The maximum Gasteiger partial charge on any atom is 0.330 e. The summed E-state index contributed by atoms with van der Waals surface area (Å²) in [6.07, 6.45) is 1.06. The molecule has 0 aliphatic carbocycles. The third kappa shape index (κ3) is 24.8. The van der Waals surface area contributed by atoms with E-state index in [1.165, 1.54) is 0 Å². The summed E-state index contributed by atoms with van der Waals surface area (Å²) in [7, 11) is 6.66. The van der Waals surface area contributed by atoms with Crippen LogP contribution in [0.4, 0.5) is 0 Å². The molecule has 0 saturated carbocycles. The van der Waals surface area contributed by atoms with E-state index in [1.807, 2.05) is 0 Å². The van der Waals surface area contributed by atoms with Crippen LogP contribution < -0.4 is 0 Å². The number of methoxy groups -OCH3 is 4. The van der Waals surface area contributed by atoms with Gasteiger partial charge in [0.1, 0.15) is 6.61 Å². The molecule has 0 radical (unpaired) electrons. The van der Waals surface area contributed by atoms with E-state index in [1.54, 1.807) is 28.4 Å². The molecule has 1 heterocycles. The zero-order valence-corrected chi connectivity index (χ0v) is 32.2. The molecule has 0 spiro atoms. The Morgan fingerprint density at radius 3 is 1.12 bits per heavy atom. The van der Waals surface area contributed by atoms with Gasteiger partial charge < -0.3 is 66.3 Å². The number of nitrogens with zero attached hydrogens (tertiary/aromatic N) is 2. The second-order valence-electron chi connectivity index (χ2n) is 11.3. The lowest BCUT2D eigenvalue weighted by molar-refractivity contribution is -0.139. The fourth-order valence-electron chi connectivity index (χ4n) is 5.16. The topological polar surface area (TPSA) is 153 Å². The first-order valence-electron chi connectivity index (χ1n) is 18.1. The van der Waals surface area contributed by atoms with Crippen LogP contribution in [-0.2, 0) is 71.1 Å². The van der Waals surface area contributed by atoms with Crippen LogP contribution in [0.3, 0.4) is 0 Å². The Morgan fingerprint density at radius 2 is 0.750 bits per heavy atom. The van der Waals surface area contributed by atoms with Crippen molar-refractivity contribution in [3.63, 3.8) is 0 Å².